The van der Waals surface area contributed by atoms with Crippen molar-refractivity contribution in [1.82, 2.24) is 10.5 Å². The van der Waals surface area contributed by atoms with Crippen molar-refractivity contribution >= 4 is 5.91 Å². The van der Waals surface area contributed by atoms with E-state index in [0.717, 1.165) is 24.8 Å². The normalized spacial score (nSPS) is 21.9. The summed E-state index contributed by atoms with van der Waals surface area (Å²) in [6.07, 6.45) is 3.43. The molecule has 0 unspecified atom stereocenters. The second kappa shape index (κ2) is 5.46. The molecule has 2 N–H and O–H groups in total. The van der Waals surface area contributed by atoms with E-state index in [0.29, 0.717) is 11.3 Å². The van der Waals surface area contributed by atoms with Gasteiger partial charge in [0, 0.05) is 5.56 Å². The zero-order valence-electron chi connectivity index (χ0n) is 11.0. The SMILES string of the molecule is O=C(N[C@H]1CCC[C@@H]1O)c1cnoc1-c1ccccc1. The Bertz CT molecular complexity index is 594. The molecule has 20 heavy (non-hydrogen) atoms. The van der Waals surface area contributed by atoms with Crippen LogP contribution in [0.2, 0.25) is 0 Å². The molecular formula is C15H16N2O3. The van der Waals surface area contributed by atoms with Crippen molar-refractivity contribution in [2.45, 2.75) is 31.4 Å². The number of amides is 1. The van der Waals surface area contributed by atoms with Gasteiger partial charge in [-0.3, -0.25) is 4.79 Å². The Kier molecular flexibility index (Phi) is 3.52. The van der Waals surface area contributed by atoms with Crippen molar-refractivity contribution in [3.63, 3.8) is 0 Å². The summed E-state index contributed by atoms with van der Waals surface area (Å²) >= 11 is 0. The molecule has 1 aromatic carbocycles. The Morgan fingerprint density at radius 3 is 2.80 bits per heavy atom. The topological polar surface area (TPSA) is 75.4 Å². The number of hydrogen-bond donors (Lipinski definition) is 2. The van der Waals surface area contributed by atoms with Crippen molar-refractivity contribution in [3.05, 3.63) is 42.1 Å². The minimum Gasteiger partial charge on any atom is -0.391 e. The number of carbonyl (C=O) groups is 1. The smallest absolute Gasteiger partial charge is 0.257 e. The van der Waals surface area contributed by atoms with Gasteiger partial charge in [0.25, 0.3) is 5.91 Å². The summed E-state index contributed by atoms with van der Waals surface area (Å²) in [4.78, 5) is 12.3. The fourth-order valence-corrected chi connectivity index (χ4v) is 2.55. The predicted octanol–water partition coefficient (Wildman–Crippen LogP) is 1.98. The van der Waals surface area contributed by atoms with E-state index in [2.05, 4.69) is 10.5 Å². The molecule has 0 spiro atoms. The third-order valence-electron chi connectivity index (χ3n) is 3.65. The first-order chi connectivity index (χ1) is 9.75. The molecule has 2 atom stereocenters. The summed E-state index contributed by atoms with van der Waals surface area (Å²) in [6, 6.07) is 9.19. The number of nitrogens with zero attached hydrogens (tertiary/aromatic N) is 1. The zero-order valence-corrected chi connectivity index (χ0v) is 11.0. The predicted molar refractivity (Wildman–Crippen MR) is 73.1 cm³/mol. The molecular weight excluding hydrogens is 256 g/mol. The summed E-state index contributed by atoms with van der Waals surface area (Å²) in [7, 11) is 0. The lowest BCUT2D eigenvalue weighted by Crippen LogP contribution is -2.39. The van der Waals surface area contributed by atoms with Crippen LogP contribution in [0.4, 0.5) is 0 Å². The van der Waals surface area contributed by atoms with E-state index >= 15 is 0 Å². The van der Waals surface area contributed by atoms with Crippen molar-refractivity contribution in [3.8, 4) is 11.3 Å². The number of aliphatic hydroxyl groups excluding tert-OH is 1. The van der Waals surface area contributed by atoms with Gasteiger partial charge in [-0.25, -0.2) is 0 Å². The van der Waals surface area contributed by atoms with Crippen LogP contribution in [-0.4, -0.2) is 28.3 Å². The maximum Gasteiger partial charge on any atom is 0.257 e. The van der Waals surface area contributed by atoms with Crippen molar-refractivity contribution in [2.75, 3.05) is 0 Å². The average Bonchev–Trinajstić information content (AvgIpc) is 3.09. The Hall–Kier alpha value is -2.14. The van der Waals surface area contributed by atoms with E-state index in [4.69, 9.17) is 4.52 Å². The van der Waals surface area contributed by atoms with E-state index < -0.39 is 6.10 Å². The molecule has 3 rings (SSSR count). The summed E-state index contributed by atoms with van der Waals surface area (Å²) < 4.78 is 5.19. The second-order valence-electron chi connectivity index (χ2n) is 5.01. The molecule has 1 aromatic heterocycles. The first-order valence-corrected chi connectivity index (χ1v) is 6.75. The molecule has 1 fully saturated rings. The molecule has 1 aliphatic rings. The van der Waals surface area contributed by atoms with Crippen molar-refractivity contribution in [2.24, 2.45) is 0 Å². The van der Waals surface area contributed by atoms with Gasteiger partial charge in [-0.1, -0.05) is 35.5 Å². The molecule has 0 bridgehead atoms. The minimum absolute atomic E-state index is 0.180. The van der Waals surface area contributed by atoms with E-state index in [-0.39, 0.29) is 11.9 Å². The fraction of sp³-hybridized carbons (Fsp3) is 0.333. The zero-order chi connectivity index (χ0) is 13.9. The molecule has 0 radical (unpaired) electrons. The van der Waals surface area contributed by atoms with Crippen LogP contribution >= 0.6 is 0 Å². The molecule has 1 saturated carbocycles. The minimum atomic E-state index is -0.459. The first-order valence-electron chi connectivity index (χ1n) is 6.75. The Labute approximate surface area is 116 Å². The van der Waals surface area contributed by atoms with E-state index in [1.54, 1.807) is 0 Å². The second-order valence-corrected chi connectivity index (χ2v) is 5.01. The van der Waals surface area contributed by atoms with Crippen LogP contribution in [0.15, 0.2) is 41.1 Å². The molecule has 0 aliphatic heterocycles. The van der Waals surface area contributed by atoms with E-state index in [1.165, 1.54) is 6.20 Å². The van der Waals surface area contributed by atoms with Gasteiger partial charge in [0.2, 0.25) is 0 Å². The van der Waals surface area contributed by atoms with Crippen molar-refractivity contribution in [1.29, 1.82) is 0 Å². The number of benzene rings is 1. The Morgan fingerprint density at radius 2 is 2.10 bits per heavy atom. The van der Waals surface area contributed by atoms with Crippen LogP contribution in [0, 0.1) is 0 Å². The summed E-state index contributed by atoms with van der Waals surface area (Å²) in [5.74, 6) is 0.201. The highest BCUT2D eigenvalue weighted by Crippen LogP contribution is 2.24. The molecule has 1 aliphatic carbocycles. The van der Waals surface area contributed by atoms with Gasteiger partial charge in [-0.2, -0.15) is 0 Å². The van der Waals surface area contributed by atoms with Gasteiger partial charge in [-0.15, -0.1) is 0 Å². The number of hydrogen-bond acceptors (Lipinski definition) is 4. The van der Waals surface area contributed by atoms with Gasteiger partial charge in [0.1, 0.15) is 5.56 Å². The summed E-state index contributed by atoms with van der Waals surface area (Å²) in [6.45, 7) is 0. The maximum absolute atomic E-state index is 12.3. The van der Waals surface area contributed by atoms with Crippen LogP contribution in [-0.2, 0) is 0 Å². The molecule has 1 heterocycles. The van der Waals surface area contributed by atoms with Gasteiger partial charge in [0.15, 0.2) is 5.76 Å². The van der Waals surface area contributed by atoms with Crippen LogP contribution in [0.1, 0.15) is 29.6 Å². The van der Waals surface area contributed by atoms with Crippen LogP contribution < -0.4 is 5.32 Å². The van der Waals surface area contributed by atoms with Crippen molar-refractivity contribution < 1.29 is 14.4 Å². The third-order valence-corrected chi connectivity index (χ3v) is 3.65. The lowest BCUT2D eigenvalue weighted by atomic mass is 10.1. The molecule has 1 amide bonds. The fourth-order valence-electron chi connectivity index (χ4n) is 2.55. The maximum atomic E-state index is 12.3. The highest BCUT2D eigenvalue weighted by Gasteiger charge is 2.28. The average molecular weight is 272 g/mol. The van der Waals surface area contributed by atoms with Gasteiger partial charge < -0.3 is 14.9 Å². The van der Waals surface area contributed by atoms with Gasteiger partial charge in [-0.05, 0) is 19.3 Å². The van der Waals surface area contributed by atoms with Crippen LogP contribution in [0.5, 0.6) is 0 Å². The highest BCUT2D eigenvalue weighted by molar-refractivity contribution is 5.99. The van der Waals surface area contributed by atoms with E-state index in [1.807, 2.05) is 30.3 Å². The lowest BCUT2D eigenvalue weighted by molar-refractivity contribution is 0.0873. The van der Waals surface area contributed by atoms with Crippen LogP contribution in [0.3, 0.4) is 0 Å². The number of aliphatic hydroxyl groups is 1. The molecule has 0 saturated heterocycles. The Balaban J connectivity index is 1.81. The van der Waals surface area contributed by atoms with Crippen LogP contribution in [0.25, 0.3) is 11.3 Å². The summed E-state index contributed by atoms with van der Waals surface area (Å²) in [5.41, 5.74) is 1.21. The number of carbonyl (C=O) groups excluding carboxylic acids is 1. The number of nitrogens with one attached hydrogen (secondary N) is 1. The lowest BCUT2D eigenvalue weighted by Gasteiger charge is -2.15. The molecule has 2 aromatic rings. The number of aromatic nitrogens is 1. The standard InChI is InChI=1S/C15H16N2O3/c18-13-8-4-7-12(13)17-15(19)11-9-16-20-14(11)10-5-2-1-3-6-10/h1-3,5-6,9,12-13,18H,4,7-8H2,(H,17,19)/t12-,13-/m0/s1. The Morgan fingerprint density at radius 1 is 1.30 bits per heavy atom. The quantitative estimate of drug-likeness (QED) is 0.896. The summed E-state index contributed by atoms with van der Waals surface area (Å²) in [5, 5.41) is 16.3. The van der Waals surface area contributed by atoms with Gasteiger partial charge >= 0.3 is 0 Å². The van der Waals surface area contributed by atoms with E-state index in [9.17, 15) is 9.90 Å². The third kappa shape index (κ3) is 2.44. The molecule has 104 valence electrons. The molecule has 5 nitrogen and oxygen atoms in total. The highest BCUT2D eigenvalue weighted by atomic mass is 16.5. The van der Waals surface area contributed by atoms with Gasteiger partial charge in [0.05, 0.1) is 18.3 Å². The first kappa shape index (κ1) is 12.9. The number of rotatable bonds is 3. The molecule has 5 heteroatoms. The largest absolute Gasteiger partial charge is 0.391 e. The monoisotopic (exact) mass is 272 g/mol.